The molecule has 1 saturated carbocycles. The molecule has 0 bridgehead atoms. The van der Waals surface area contributed by atoms with Crippen LogP contribution in [0.25, 0.3) is 0 Å². The monoisotopic (exact) mass is 221 g/mol. The molecule has 16 heavy (non-hydrogen) atoms. The predicted octanol–water partition coefficient (Wildman–Crippen LogP) is 0.725. The summed E-state index contributed by atoms with van der Waals surface area (Å²) in [6, 6.07) is 3.09. The van der Waals surface area contributed by atoms with E-state index in [1.165, 1.54) is 25.1 Å². The molecule has 1 fully saturated rings. The minimum atomic E-state index is -0.186. The van der Waals surface area contributed by atoms with Gasteiger partial charge in [-0.3, -0.25) is 4.79 Å². The molecule has 1 aromatic rings. The maximum atomic E-state index is 11.4. The molecule has 0 aliphatic heterocycles. The summed E-state index contributed by atoms with van der Waals surface area (Å²) in [6.07, 6.45) is 4.04. The number of pyridine rings is 1. The normalized spacial score (nSPS) is 14.8. The van der Waals surface area contributed by atoms with Crippen LogP contribution in [0.5, 0.6) is 5.75 Å². The van der Waals surface area contributed by atoms with Gasteiger partial charge in [0.2, 0.25) is 5.91 Å². The van der Waals surface area contributed by atoms with Crippen LogP contribution in [0.1, 0.15) is 12.8 Å². The van der Waals surface area contributed by atoms with Gasteiger partial charge in [-0.15, -0.1) is 0 Å². The molecule has 0 aromatic carbocycles. The van der Waals surface area contributed by atoms with Crippen molar-refractivity contribution in [2.45, 2.75) is 12.8 Å². The fourth-order valence-corrected chi connectivity index (χ4v) is 1.38. The maximum Gasteiger partial charge on any atom is 0.239 e. The van der Waals surface area contributed by atoms with Gasteiger partial charge in [-0.05, 0) is 37.4 Å². The fraction of sp³-hybridized carbons (Fsp3) is 0.455. The Morgan fingerprint density at radius 3 is 3.06 bits per heavy atom. The number of aromatic nitrogens is 1. The highest BCUT2D eigenvalue weighted by Crippen LogP contribution is 2.27. The maximum absolute atomic E-state index is 11.4. The number of carbonyl (C=O) groups excluding carboxylic acids is 1. The molecule has 1 aromatic heterocycles. The number of nitrogens with zero attached hydrogens (tertiary/aromatic N) is 1. The van der Waals surface area contributed by atoms with Crippen molar-refractivity contribution in [3.63, 3.8) is 0 Å². The van der Waals surface area contributed by atoms with Crippen LogP contribution in [0.4, 0.5) is 5.82 Å². The molecule has 1 aliphatic carbocycles. The van der Waals surface area contributed by atoms with Gasteiger partial charge in [0.05, 0.1) is 6.54 Å². The molecule has 86 valence electrons. The van der Waals surface area contributed by atoms with Crippen molar-refractivity contribution >= 4 is 11.7 Å². The SMILES string of the molecule is O=C(CNCC1CC1)Nc1ncccc1O. The predicted molar refractivity (Wildman–Crippen MR) is 60.1 cm³/mol. The van der Waals surface area contributed by atoms with Gasteiger partial charge in [-0.1, -0.05) is 0 Å². The van der Waals surface area contributed by atoms with Crippen molar-refractivity contribution in [2.24, 2.45) is 5.92 Å². The van der Waals surface area contributed by atoms with Crippen molar-refractivity contribution < 1.29 is 9.90 Å². The summed E-state index contributed by atoms with van der Waals surface area (Å²) in [5, 5.41) is 15.0. The summed E-state index contributed by atoms with van der Waals surface area (Å²) < 4.78 is 0. The van der Waals surface area contributed by atoms with E-state index in [4.69, 9.17) is 0 Å². The van der Waals surface area contributed by atoms with Crippen molar-refractivity contribution in [1.82, 2.24) is 10.3 Å². The molecule has 3 N–H and O–H groups in total. The Balaban J connectivity index is 1.75. The van der Waals surface area contributed by atoms with Gasteiger partial charge in [0, 0.05) is 6.20 Å². The Bertz CT molecular complexity index is 377. The van der Waals surface area contributed by atoms with Crippen LogP contribution in [-0.4, -0.2) is 29.1 Å². The molecule has 1 heterocycles. The lowest BCUT2D eigenvalue weighted by Gasteiger charge is -2.06. The standard InChI is InChI=1S/C11H15N3O2/c15-9-2-1-5-13-11(9)14-10(16)7-12-6-8-3-4-8/h1-2,5,8,12,15H,3-4,6-7H2,(H,13,14,16). The zero-order valence-electron chi connectivity index (χ0n) is 8.94. The summed E-state index contributed by atoms with van der Waals surface area (Å²) in [7, 11) is 0. The summed E-state index contributed by atoms with van der Waals surface area (Å²) in [5.74, 6) is 0.754. The smallest absolute Gasteiger partial charge is 0.239 e. The third-order valence-electron chi connectivity index (χ3n) is 2.46. The quantitative estimate of drug-likeness (QED) is 0.685. The zero-order chi connectivity index (χ0) is 11.4. The van der Waals surface area contributed by atoms with Crippen molar-refractivity contribution in [3.05, 3.63) is 18.3 Å². The second kappa shape index (κ2) is 4.94. The topological polar surface area (TPSA) is 74.2 Å². The van der Waals surface area contributed by atoms with E-state index in [1.807, 2.05) is 0 Å². The lowest BCUT2D eigenvalue weighted by molar-refractivity contribution is -0.115. The van der Waals surface area contributed by atoms with Crippen LogP contribution in [0.15, 0.2) is 18.3 Å². The molecule has 0 radical (unpaired) electrons. The van der Waals surface area contributed by atoms with Crippen LogP contribution in [-0.2, 0) is 4.79 Å². The van der Waals surface area contributed by atoms with E-state index in [9.17, 15) is 9.90 Å². The summed E-state index contributed by atoms with van der Waals surface area (Å²) in [6.45, 7) is 1.15. The second-order valence-electron chi connectivity index (χ2n) is 3.99. The first kappa shape index (κ1) is 10.9. The van der Waals surface area contributed by atoms with Gasteiger partial charge in [0.1, 0.15) is 0 Å². The molecule has 1 amide bonds. The van der Waals surface area contributed by atoms with Crippen LogP contribution in [0, 0.1) is 5.92 Å². The average molecular weight is 221 g/mol. The molecular formula is C11H15N3O2. The van der Waals surface area contributed by atoms with E-state index < -0.39 is 0 Å². The summed E-state index contributed by atoms with van der Waals surface area (Å²) in [5.41, 5.74) is 0. The van der Waals surface area contributed by atoms with Crippen molar-refractivity contribution in [2.75, 3.05) is 18.4 Å². The Morgan fingerprint density at radius 2 is 2.38 bits per heavy atom. The highest BCUT2D eigenvalue weighted by atomic mass is 16.3. The van der Waals surface area contributed by atoms with Crippen LogP contribution < -0.4 is 10.6 Å². The number of hydrogen-bond acceptors (Lipinski definition) is 4. The van der Waals surface area contributed by atoms with Crippen LogP contribution >= 0.6 is 0 Å². The van der Waals surface area contributed by atoms with Crippen LogP contribution in [0.2, 0.25) is 0 Å². The van der Waals surface area contributed by atoms with E-state index in [0.29, 0.717) is 0 Å². The van der Waals surface area contributed by atoms with E-state index in [0.717, 1.165) is 12.5 Å². The van der Waals surface area contributed by atoms with E-state index in [2.05, 4.69) is 15.6 Å². The van der Waals surface area contributed by atoms with Crippen LogP contribution in [0.3, 0.4) is 0 Å². The molecule has 0 unspecified atom stereocenters. The number of hydrogen-bond donors (Lipinski definition) is 3. The molecule has 1 aliphatic rings. The third kappa shape index (κ3) is 3.20. The average Bonchev–Trinajstić information content (AvgIpc) is 3.05. The van der Waals surface area contributed by atoms with Gasteiger partial charge in [-0.2, -0.15) is 0 Å². The number of anilines is 1. The number of amides is 1. The number of rotatable bonds is 5. The Morgan fingerprint density at radius 1 is 1.56 bits per heavy atom. The molecule has 5 heteroatoms. The first-order valence-electron chi connectivity index (χ1n) is 5.40. The molecule has 0 atom stereocenters. The fourth-order valence-electron chi connectivity index (χ4n) is 1.38. The molecule has 0 spiro atoms. The van der Waals surface area contributed by atoms with Gasteiger partial charge in [0.25, 0.3) is 0 Å². The summed E-state index contributed by atoms with van der Waals surface area (Å²) >= 11 is 0. The van der Waals surface area contributed by atoms with E-state index in [-0.39, 0.29) is 24.0 Å². The van der Waals surface area contributed by atoms with Crippen molar-refractivity contribution in [3.8, 4) is 5.75 Å². The molecule has 0 saturated heterocycles. The first-order valence-corrected chi connectivity index (χ1v) is 5.40. The minimum absolute atomic E-state index is 0.0157. The Hall–Kier alpha value is -1.62. The van der Waals surface area contributed by atoms with E-state index >= 15 is 0 Å². The van der Waals surface area contributed by atoms with Gasteiger partial charge in [0.15, 0.2) is 11.6 Å². The van der Waals surface area contributed by atoms with Gasteiger partial charge >= 0.3 is 0 Å². The third-order valence-corrected chi connectivity index (χ3v) is 2.46. The summed E-state index contributed by atoms with van der Waals surface area (Å²) in [4.78, 5) is 15.3. The highest BCUT2D eigenvalue weighted by Gasteiger charge is 2.20. The first-order chi connectivity index (χ1) is 7.75. The minimum Gasteiger partial charge on any atom is -0.504 e. The van der Waals surface area contributed by atoms with E-state index in [1.54, 1.807) is 6.07 Å². The largest absolute Gasteiger partial charge is 0.504 e. The Kier molecular flexibility index (Phi) is 3.36. The molecular weight excluding hydrogens is 206 g/mol. The molecule has 5 nitrogen and oxygen atoms in total. The zero-order valence-corrected chi connectivity index (χ0v) is 8.94. The second-order valence-corrected chi connectivity index (χ2v) is 3.99. The Labute approximate surface area is 93.9 Å². The number of aromatic hydroxyl groups is 1. The number of carbonyl (C=O) groups is 1. The van der Waals surface area contributed by atoms with Crippen molar-refractivity contribution in [1.29, 1.82) is 0 Å². The number of nitrogens with one attached hydrogen (secondary N) is 2. The lowest BCUT2D eigenvalue weighted by Crippen LogP contribution is -2.29. The van der Waals surface area contributed by atoms with Gasteiger partial charge in [-0.25, -0.2) is 4.98 Å². The lowest BCUT2D eigenvalue weighted by atomic mass is 10.4. The highest BCUT2D eigenvalue weighted by molar-refractivity contribution is 5.92. The molecule has 2 rings (SSSR count). The van der Waals surface area contributed by atoms with Gasteiger partial charge < -0.3 is 15.7 Å².